The van der Waals surface area contributed by atoms with Gasteiger partial charge in [-0.2, -0.15) is 0 Å². The van der Waals surface area contributed by atoms with Crippen LogP contribution < -0.4 is 9.62 Å². The van der Waals surface area contributed by atoms with Crippen LogP contribution in [0, 0.1) is 0 Å². The summed E-state index contributed by atoms with van der Waals surface area (Å²) < 4.78 is 26.3. The summed E-state index contributed by atoms with van der Waals surface area (Å²) in [6.45, 7) is 6.62. The van der Waals surface area contributed by atoms with Gasteiger partial charge in [-0.3, -0.25) is 13.9 Å². The number of carbonyl (C=O) groups excluding carboxylic acids is 2. The molecule has 0 unspecified atom stereocenters. The Bertz CT molecular complexity index is 1230. The Balaban J connectivity index is 2.54. The van der Waals surface area contributed by atoms with E-state index in [1.54, 1.807) is 31.2 Å². The van der Waals surface area contributed by atoms with E-state index in [-0.39, 0.29) is 39.6 Å². The largest absolute Gasteiger partial charge is 0.350 e. The summed E-state index contributed by atoms with van der Waals surface area (Å²) in [7, 11) is -3.99. The number of rotatable bonds is 9. The predicted octanol–water partition coefficient (Wildman–Crippen LogP) is 5.79. The van der Waals surface area contributed by atoms with Gasteiger partial charge in [0, 0.05) is 17.1 Å². The van der Waals surface area contributed by atoms with Crippen LogP contribution >= 0.6 is 46.4 Å². The van der Waals surface area contributed by atoms with Gasteiger partial charge in [0.2, 0.25) is 21.8 Å². The molecule has 36 heavy (non-hydrogen) atoms. The minimum Gasteiger partial charge on any atom is -0.350 e. The Morgan fingerprint density at radius 1 is 0.972 bits per heavy atom. The van der Waals surface area contributed by atoms with Crippen molar-refractivity contribution >= 4 is 73.9 Å². The molecule has 0 aliphatic heterocycles. The molecule has 0 radical (unpaired) electrons. The zero-order valence-corrected chi connectivity index (χ0v) is 24.5. The van der Waals surface area contributed by atoms with E-state index in [1.165, 1.54) is 17.0 Å². The van der Waals surface area contributed by atoms with Crippen molar-refractivity contribution in [2.24, 2.45) is 0 Å². The third kappa shape index (κ3) is 8.15. The van der Waals surface area contributed by atoms with Gasteiger partial charge < -0.3 is 10.2 Å². The second kappa shape index (κ2) is 12.2. The van der Waals surface area contributed by atoms with E-state index in [9.17, 15) is 18.0 Å². The number of benzene rings is 2. The zero-order chi connectivity index (χ0) is 27.4. The molecular weight excluding hydrogens is 568 g/mol. The molecule has 0 fully saturated rings. The SMILES string of the molecule is CC[C@@H](C(=O)NC(C)(C)C)N(Cc1ccccc1Cl)C(=O)CN(c1cc(Cl)c(Cl)cc1Cl)S(C)(=O)=O. The molecule has 0 heterocycles. The third-order valence-electron chi connectivity index (χ3n) is 5.12. The van der Waals surface area contributed by atoms with Crippen LogP contribution in [0.1, 0.15) is 39.7 Å². The van der Waals surface area contributed by atoms with Crippen LogP contribution in [0.2, 0.25) is 20.1 Å². The average Bonchev–Trinajstić information content (AvgIpc) is 2.74. The highest BCUT2D eigenvalue weighted by Crippen LogP contribution is 2.35. The molecular formula is C24H29Cl4N3O4S. The molecule has 0 bridgehead atoms. The summed E-state index contributed by atoms with van der Waals surface area (Å²) in [4.78, 5) is 28.2. The van der Waals surface area contributed by atoms with E-state index < -0.39 is 34.1 Å². The summed E-state index contributed by atoms with van der Waals surface area (Å²) in [5.74, 6) is -0.998. The normalized spacial score (nSPS) is 12.7. The maximum atomic E-state index is 13.7. The highest BCUT2D eigenvalue weighted by Gasteiger charge is 2.34. The van der Waals surface area contributed by atoms with Crippen molar-refractivity contribution < 1.29 is 18.0 Å². The molecule has 1 N–H and O–H groups in total. The van der Waals surface area contributed by atoms with Gasteiger partial charge in [-0.15, -0.1) is 0 Å². The minimum atomic E-state index is -3.99. The molecule has 0 spiro atoms. The molecule has 12 heteroatoms. The van der Waals surface area contributed by atoms with Crippen LogP contribution in [0.15, 0.2) is 36.4 Å². The number of amides is 2. The van der Waals surface area contributed by atoms with E-state index in [0.29, 0.717) is 10.6 Å². The molecule has 1 atom stereocenters. The van der Waals surface area contributed by atoms with Gasteiger partial charge in [0.1, 0.15) is 12.6 Å². The second-order valence-electron chi connectivity index (χ2n) is 9.26. The molecule has 0 aliphatic carbocycles. The van der Waals surface area contributed by atoms with Crippen LogP contribution in [-0.4, -0.2) is 49.5 Å². The predicted molar refractivity (Wildman–Crippen MR) is 148 cm³/mol. The van der Waals surface area contributed by atoms with Gasteiger partial charge >= 0.3 is 0 Å². The number of carbonyl (C=O) groups is 2. The van der Waals surface area contributed by atoms with E-state index >= 15 is 0 Å². The molecule has 0 saturated heterocycles. The van der Waals surface area contributed by atoms with Crippen LogP contribution in [0.5, 0.6) is 0 Å². The van der Waals surface area contributed by atoms with Crippen molar-refractivity contribution in [1.29, 1.82) is 0 Å². The summed E-state index contributed by atoms with van der Waals surface area (Å²) in [6.07, 6.45) is 1.23. The quantitative estimate of drug-likeness (QED) is 0.371. The van der Waals surface area contributed by atoms with Crippen molar-refractivity contribution in [1.82, 2.24) is 10.2 Å². The summed E-state index contributed by atoms with van der Waals surface area (Å²) in [6, 6.07) is 8.62. The van der Waals surface area contributed by atoms with Gasteiger partial charge in [0.25, 0.3) is 0 Å². The van der Waals surface area contributed by atoms with Gasteiger partial charge in [-0.25, -0.2) is 8.42 Å². The topological polar surface area (TPSA) is 86.8 Å². The first kappa shape index (κ1) is 30.5. The maximum Gasteiger partial charge on any atom is 0.244 e. The number of anilines is 1. The fourth-order valence-electron chi connectivity index (χ4n) is 3.48. The molecule has 0 aliphatic rings. The molecule has 0 aromatic heterocycles. The summed E-state index contributed by atoms with van der Waals surface area (Å²) in [5.41, 5.74) is 0.0514. The fourth-order valence-corrected chi connectivity index (χ4v) is 5.22. The average molecular weight is 597 g/mol. The highest BCUT2D eigenvalue weighted by molar-refractivity contribution is 7.92. The third-order valence-corrected chi connectivity index (χ3v) is 7.64. The molecule has 2 amide bonds. The second-order valence-corrected chi connectivity index (χ2v) is 12.8. The first-order valence-electron chi connectivity index (χ1n) is 11.0. The number of sulfonamides is 1. The van der Waals surface area contributed by atoms with Crippen molar-refractivity contribution in [2.75, 3.05) is 17.1 Å². The Morgan fingerprint density at radius 3 is 2.08 bits per heavy atom. The molecule has 2 rings (SSSR count). The zero-order valence-electron chi connectivity index (χ0n) is 20.6. The lowest BCUT2D eigenvalue weighted by Crippen LogP contribution is -2.55. The van der Waals surface area contributed by atoms with Crippen molar-refractivity contribution in [3.05, 3.63) is 62.1 Å². The standard InChI is InChI=1S/C24H29Cl4N3O4S/c1-6-20(23(33)29-24(2,3)4)30(13-15-9-7-8-10-16(15)25)22(32)14-31(36(5,34)35)21-12-18(27)17(26)11-19(21)28/h7-12,20H,6,13-14H2,1-5H3,(H,29,33)/t20-/m0/s1. The van der Waals surface area contributed by atoms with Gasteiger partial charge in [0.05, 0.1) is 27.0 Å². The molecule has 2 aromatic rings. The molecule has 7 nitrogen and oxygen atoms in total. The van der Waals surface area contributed by atoms with E-state index in [2.05, 4.69) is 5.32 Å². The highest BCUT2D eigenvalue weighted by atomic mass is 35.5. The van der Waals surface area contributed by atoms with Gasteiger partial charge in [0.15, 0.2) is 0 Å². The van der Waals surface area contributed by atoms with Gasteiger partial charge in [-0.05, 0) is 51.0 Å². The van der Waals surface area contributed by atoms with E-state index in [1.807, 2.05) is 20.8 Å². The first-order valence-corrected chi connectivity index (χ1v) is 14.4. The van der Waals surface area contributed by atoms with Crippen LogP contribution in [-0.2, 0) is 26.2 Å². The summed E-state index contributed by atoms with van der Waals surface area (Å²) in [5, 5.41) is 3.51. The van der Waals surface area contributed by atoms with Crippen LogP contribution in [0.3, 0.4) is 0 Å². The number of nitrogens with zero attached hydrogens (tertiary/aromatic N) is 2. The Kier molecular flexibility index (Phi) is 10.4. The lowest BCUT2D eigenvalue weighted by molar-refractivity contribution is -0.141. The lowest BCUT2D eigenvalue weighted by atomic mass is 10.1. The van der Waals surface area contributed by atoms with Crippen molar-refractivity contribution in [3.63, 3.8) is 0 Å². The molecule has 198 valence electrons. The Morgan fingerprint density at radius 2 is 1.56 bits per heavy atom. The smallest absolute Gasteiger partial charge is 0.244 e. The van der Waals surface area contributed by atoms with Crippen molar-refractivity contribution in [2.45, 2.75) is 52.2 Å². The van der Waals surface area contributed by atoms with Crippen LogP contribution in [0.25, 0.3) is 0 Å². The number of halogens is 4. The monoisotopic (exact) mass is 595 g/mol. The number of hydrogen-bond acceptors (Lipinski definition) is 4. The minimum absolute atomic E-state index is 0.00204. The Hall–Kier alpha value is -1.71. The lowest BCUT2D eigenvalue weighted by Gasteiger charge is -2.34. The number of nitrogens with one attached hydrogen (secondary N) is 1. The maximum absolute atomic E-state index is 13.7. The molecule has 2 aromatic carbocycles. The van der Waals surface area contributed by atoms with Crippen molar-refractivity contribution in [3.8, 4) is 0 Å². The van der Waals surface area contributed by atoms with E-state index in [0.717, 1.165) is 10.6 Å². The summed E-state index contributed by atoms with van der Waals surface area (Å²) >= 11 is 24.7. The first-order chi connectivity index (χ1) is 16.5. The molecule has 0 saturated carbocycles. The van der Waals surface area contributed by atoms with E-state index in [4.69, 9.17) is 46.4 Å². The van der Waals surface area contributed by atoms with Gasteiger partial charge in [-0.1, -0.05) is 71.5 Å². The fraction of sp³-hybridized carbons (Fsp3) is 0.417. The number of hydrogen-bond donors (Lipinski definition) is 1. The van der Waals surface area contributed by atoms with Crippen LogP contribution in [0.4, 0.5) is 5.69 Å². The Labute approximate surface area is 232 Å².